The van der Waals surface area contributed by atoms with Crippen molar-refractivity contribution in [1.82, 2.24) is 10.2 Å². The van der Waals surface area contributed by atoms with Gasteiger partial charge in [0.25, 0.3) is 5.91 Å². The van der Waals surface area contributed by atoms with Gasteiger partial charge in [0.2, 0.25) is 11.8 Å². The Morgan fingerprint density at radius 3 is 2.23 bits per heavy atom. The van der Waals surface area contributed by atoms with E-state index in [9.17, 15) is 19.5 Å². The van der Waals surface area contributed by atoms with E-state index in [4.69, 9.17) is 28.9 Å². The van der Waals surface area contributed by atoms with Gasteiger partial charge in [0.1, 0.15) is 0 Å². The molecule has 2 aromatic rings. The maximum atomic E-state index is 13.1. The van der Waals surface area contributed by atoms with E-state index in [1.807, 2.05) is 17.0 Å². The molecule has 2 aromatic carbocycles. The molecule has 1 aliphatic heterocycles. The van der Waals surface area contributed by atoms with Gasteiger partial charge in [0.05, 0.1) is 12.6 Å². The molecule has 1 heterocycles. The van der Waals surface area contributed by atoms with Crippen molar-refractivity contribution in [3.05, 3.63) is 57.6 Å². The van der Waals surface area contributed by atoms with Crippen LogP contribution < -0.4 is 11.1 Å². The molecule has 0 unspecified atom stereocenters. The summed E-state index contributed by atoms with van der Waals surface area (Å²) in [5.74, 6) is -1.00. The summed E-state index contributed by atoms with van der Waals surface area (Å²) >= 11 is 13.2. The first-order valence-electron chi connectivity index (χ1n) is 11.9. The molecule has 2 fully saturated rings. The number of rotatable bonds is 7. The molecule has 1 saturated carbocycles. The summed E-state index contributed by atoms with van der Waals surface area (Å²) in [7, 11) is 0. The number of carbonyl (C=O) groups is 3. The molecule has 1 aliphatic carbocycles. The highest BCUT2D eigenvalue weighted by Crippen LogP contribution is 2.36. The topological polar surface area (TPSA) is 113 Å². The van der Waals surface area contributed by atoms with Gasteiger partial charge in [-0.15, -0.1) is 0 Å². The predicted molar refractivity (Wildman–Crippen MR) is 135 cm³/mol. The molecule has 4 rings (SSSR count). The van der Waals surface area contributed by atoms with Gasteiger partial charge in [-0.05, 0) is 79.5 Å². The fraction of sp³-hybridized carbons (Fsp3) is 0.423. The number of hydrogen-bond acceptors (Lipinski definition) is 4. The second-order valence-corrected chi connectivity index (χ2v) is 10.1. The van der Waals surface area contributed by atoms with Crippen LogP contribution in [0.15, 0.2) is 36.4 Å². The standard InChI is InChI=1S/C26H29Cl2N3O4/c27-22-12-18(15-1-3-16(4-2-15)25(34)30-14-24(29)33)13-23(28)21(22)11-17-9-10-31(26(17)35)19-5-7-20(32)8-6-19/h1-4,12-13,17,19-20,32H,5-11,14H2,(H2,29,33)(H,30,34)/t17-,19?,20?/m0/s1. The number of nitrogens with zero attached hydrogens (tertiary/aromatic N) is 1. The third-order valence-electron chi connectivity index (χ3n) is 6.95. The first-order chi connectivity index (χ1) is 16.7. The molecule has 0 aromatic heterocycles. The number of primary amides is 1. The molecule has 0 radical (unpaired) electrons. The van der Waals surface area contributed by atoms with E-state index < -0.39 is 5.91 Å². The molecule has 0 spiro atoms. The van der Waals surface area contributed by atoms with Crippen LogP contribution in [0.1, 0.15) is 48.0 Å². The molecule has 3 amide bonds. The van der Waals surface area contributed by atoms with Gasteiger partial charge in [-0.25, -0.2) is 0 Å². The van der Waals surface area contributed by atoms with E-state index in [0.717, 1.165) is 55.3 Å². The average Bonchev–Trinajstić information content (AvgIpc) is 3.20. The smallest absolute Gasteiger partial charge is 0.251 e. The zero-order valence-electron chi connectivity index (χ0n) is 19.3. The lowest BCUT2D eigenvalue weighted by Crippen LogP contribution is -2.41. The molecule has 0 bridgehead atoms. The van der Waals surface area contributed by atoms with Crippen LogP contribution in [0.5, 0.6) is 0 Å². The normalized spacial score (nSPS) is 22.3. The quantitative estimate of drug-likeness (QED) is 0.520. The second kappa shape index (κ2) is 11.0. The van der Waals surface area contributed by atoms with Crippen molar-refractivity contribution in [2.45, 2.75) is 50.7 Å². The lowest BCUT2D eigenvalue weighted by molar-refractivity contribution is -0.133. The lowest BCUT2D eigenvalue weighted by atomic mass is 9.92. The zero-order chi connectivity index (χ0) is 25.1. The first-order valence-corrected chi connectivity index (χ1v) is 12.6. The second-order valence-electron chi connectivity index (χ2n) is 9.33. The van der Waals surface area contributed by atoms with Gasteiger partial charge in [-0.2, -0.15) is 0 Å². The average molecular weight is 518 g/mol. The van der Waals surface area contributed by atoms with Crippen molar-refractivity contribution in [2.24, 2.45) is 11.7 Å². The van der Waals surface area contributed by atoms with E-state index >= 15 is 0 Å². The van der Waals surface area contributed by atoms with E-state index in [2.05, 4.69) is 5.32 Å². The van der Waals surface area contributed by atoms with Crippen LogP contribution in [0.25, 0.3) is 11.1 Å². The Morgan fingerprint density at radius 1 is 1.00 bits per heavy atom. The number of nitrogens with two attached hydrogens (primary N) is 1. The predicted octanol–water partition coefficient (Wildman–Crippen LogP) is 3.57. The molecular formula is C26H29Cl2N3O4. The summed E-state index contributed by atoms with van der Waals surface area (Å²) in [6, 6.07) is 10.7. The summed E-state index contributed by atoms with van der Waals surface area (Å²) in [6.07, 6.45) is 4.20. The molecule has 186 valence electrons. The van der Waals surface area contributed by atoms with E-state index in [1.165, 1.54) is 0 Å². The zero-order valence-corrected chi connectivity index (χ0v) is 20.8. The van der Waals surface area contributed by atoms with Crippen molar-refractivity contribution in [3.63, 3.8) is 0 Å². The van der Waals surface area contributed by atoms with E-state index in [0.29, 0.717) is 22.0 Å². The maximum absolute atomic E-state index is 13.1. The highest BCUT2D eigenvalue weighted by atomic mass is 35.5. The highest BCUT2D eigenvalue weighted by molar-refractivity contribution is 6.36. The number of aliphatic hydroxyl groups excluding tert-OH is 1. The van der Waals surface area contributed by atoms with Crippen molar-refractivity contribution in [1.29, 1.82) is 0 Å². The molecule has 1 saturated heterocycles. The Morgan fingerprint density at radius 2 is 1.63 bits per heavy atom. The van der Waals surface area contributed by atoms with Crippen LogP contribution in [0, 0.1) is 5.92 Å². The Hall–Kier alpha value is -2.61. The Balaban J connectivity index is 1.43. The van der Waals surface area contributed by atoms with Gasteiger partial charge in [0.15, 0.2) is 0 Å². The SMILES string of the molecule is NC(=O)CNC(=O)c1ccc(-c2cc(Cl)c(C[C@@H]3CCN(C4CCC(O)CC4)C3=O)c(Cl)c2)cc1. The van der Waals surface area contributed by atoms with Crippen molar-refractivity contribution in [2.75, 3.05) is 13.1 Å². The molecule has 7 nitrogen and oxygen atoms in total. The number of nitrogens with one attached hydrogen (secondary N) is 1. The number of halogens is 2. The maximum Gasteiger partial charge on any atom is 0.251 e. The van der Waals surface area contributed by atoms with Crippen molar-refractivity contribution >= 4 is 40.9 Å². The van der Waals surface area contributed by atoms with Gasteiger partial charge in [-0.3, -0.25) is 14.4 Å². The molecule has 9 heteroatoms. The summed E-state index contributed by atoms with van der Waals surface area (Å²) in [6.45, 7) is 0.509. The Labute approximate surface area is 214 Å². The van der Waals surface area contributed by atoms with E-state index in [-0.39, 0.29) is 36.4 Å². The van der Waals surface area contributed by atoms with Gasteiger partial charge in [-0.1, -0.05) is 35.3 Å². The summed E-state index contributed by atoms with van der Waals surface area (Å²) in [5, 5.41) is 13.2. The summed E-state index contributed by atoms with van der Waals surface area (Å²) in [5.41, 5.74) is 7.85. The minimum atomic E-state index is -0.611. The Kier molecular flexibility index (Phi) is 7.99. The number of hydrogen-bond donors (Lipinski definition) is 3. The third kappa shape index (κ3) is 5.97. The van der Waals surface area contributed by atoms with Crippen LogP contribution in [0.3, 0.4) is 0 Å². The van der Waals surface area contributed by atoms with Gasteiger partial charge in [0, 0.05) is 34.1 Å². The molecule has 35 heavy (non-hydrogen) atoms. The number of aliphatic hydroxyl groups is 1. The summed E-state index contributed by atoms with van der Waals surface area (Å²) < 4.78 is 0. The van der Waals surface area contributed by atoms with Crippen molar-refractivity contribution < 1.29 is 19.5 Å². The number of amides is 3. The number of benzene rings is 2. The lowest BCUT2D eigenvalue weighted by Gasteiger charge is -2.33. The van der Waals surface area contributed by atoms with Gasteiger partial charge >= 0.3 is 0 Å². The first kappa shape index (κ1) is 25.5. The number of carbonyl (C=O) groups excluding carboxylic acids is 3. The summed E-state index contributed by atoms with van der Waals surface area (Å²) in [4.78, 5) is 38.0. The largest absolute Gasteiger partial charge is 0.393 e. The van der Waals surface area contributed by atoms with Crippen LogP contribution >= 0.6 is 23.2 Å². The van der Waals surface area contributed by atoms with Crippen LogP contribution in [-0.2, 0) is 16.0 Å². The van der Waals surface area contributed by atoms with Crippen LogP contribution in [0.4, 0.5) is 0 Å². The monoisotopic (exact) mass is 517 g/mol. The minimum Gasteiger partial charge on any atom is -0.393 e. The highest BCUT2D eigenvalue weighted by Gasteiger charge is 2.37. The third-order valence-corrected chi connectivity index (χ3v) is 7.63. The van der Waals surface area contributed by atoms with Crippen LogP contribution in [-0.4, -0.2) is 53.0 Å². The molecule has 1 atom stereocenters. The fourth-order valence-electron chi connectivity index (χ4n) is 4.98. The molecule has 4 N–H and O–H groups in total. The molecule has 2 aliphatic rings. The van der Waals surface area contributed by atoms with Crippen LogP contribution in [0.2, 0.25) is 10.0 Å². The fourth-order valence-corrected chi connectivity index (χ4v) is 5.62. The van der Waals surface area contributed by atoms with E-state index in [1.54, 1.807) is 24.3 Å². The Bertz CT molecular complexity index is 1090. The van der Waals surface area contributed by atoms with Crippen molar-refractivity contribution in [3.8, 4) is 11.1 Å². The minimum absolute atomic E-state index is 0.146. The van der Waals surface area contributed by atoms with Gasteiger partial charge < -0.3 is 21.1 Å². The molecular weight excluding hydrogens is 489 g/mol. The number of likely N-dealkylation sites (tertiary alicyclic amines) is 1.